The van der Waals surface area contributed by atoms with E-state index in [4.69, 9.17) is 73.2 Å². The maximum atomic E-state index is 15.0. The third-order valence-electron chi connectivity index (χ3n) is 21.1. The van der Waals surface area contributed by atoms with Gasteiger partial charge in [0.05, 0.1) is 50.5 Å². The van der Waals surface area contributed by atoms with Gasteiger partial charge in [0.25, 0.3) is 23.6 Å². The number of nitriles is 1. The molecule has 0 saturated heterocycles. The lowest BCUT2D eigenvalue weighted by Crippen LogP contribution is -2.28. The number of para-hydroxylation sites is 4. The lowest BCUT2D eigenvalue weighted by molar-refractivity contribution is -0.142. The molecule has 0 bridgehead atoms. The molecule has 4 amide bonds. The summed E-state index contributed by atoms with van der Waals surface area (Å²) in [6.07, 6.45) is 0.106. The number of nitrogens with zero attached hydrogens (tertiary/aromatic N) is 9. The van der Waals surface area contributed by atoms with E-state index in [1.165, 1.54) is 108 Å². The van der Waals surface area contributed by atoms with Crippen LogP contribution in [0.15, 0.2) is 293 Å². The molecule has 4 heterocycles. The van der Waals surface area contributed by atoms with Gasteiger partial charge in [0.2, 0.25) is 5.82 Å². The number of benzene rings is 13. The molecule has 0 radical (unpaired) electrons. The molecular weight excluding hydrogens is 2030 g/mol. The topological polar surface area (TPSA) is 245 Å². The third kappa shape index (κ3) is 25.0. The predicted molar refractivity (Wildman–Crippen MR) is 524 cm³/mol. The molecule has 0 spiro atoms. The molecule has 4 unspecified atom stereocenters. The minimum absolute atomic E-state index is 0.00476. The van der Waals surface area contributed by atoms with Crippen LogP contribution in [0.1, 0.15) is 131 Å². The summed E-state index contributed by atoms with van der Waals surface area (Å²) in [5.74, 6) is -13.0. The lowest BCUT2D eigenvalue weighted by Gasteiger charge is -2.24. The van der Waals surface area contributed by atoms with Gasteiger partial charge in [-0.25, -0.2) is 50.8 Å². The van der Waals surface area contributed by atoms with Crippen LogP contribution in [0.5, 0.6) is 40.2 Å². The molecule has 0 aliphatic carbocycles. The van der Waals surface area contributed by atoms with Crippen molar-refractivity contribution in [1.29, 1.82) is 5.26 Å². The zero-order valence-electron chi connectivity index (χ0n) is 75.4. The van der Waals surface area contributed by atoms with Gasteiger partial charge >= 0.3 is 19.2 Å². The third-order valence-corrected chi connectivity index (χ3v) is 26.8. The van der Waals surface area contributed by atoms with Crippen LogP contribution < -0.4 is 33.2 Å². The van der Waals surface area contributed by atoms with E-state index in [1.807, 2.05) is 37.3 Å². The average Bonchev–Trinajstić information content (AvgIpc) is 1.64. The average molecular weight is 2110 g/mol. The lowest BCUT2D eigenvalue weighted by atomic mass is 10.1. The van der Waals surface area contributed by atoms with E-state index in [0.717, 1.165) is 68.5 Å². The van der Waals surface area contributed by atoms with Gasteiger partial charge in [0.15, 0.2) is 47.0 Å². The molecular formula is C103H74Cl3F12N9O13S4. The van der Waals surface area contributed by atoms with Gasteiger partial charge in [-0.05, 0) is 152 Å². The Morgan fingerprint density at radius 2 is 0.799 bits per heavy atom. The standard InChI is InChI=1S/C33H26F4N2O5S.C25H17F4N3O4S.C23H17ClF2N2O2S.C22H14Cl2F2N2O2S/c1-3-43-28(40)15-19-6-4-7-20(14-19)18-44-27-9-5-8-24(30(27)42-2)33-39(32(41)29-25(36)16-23(35)17-26(29)37)38-31(45-33)21-10-12-22(34)13-11-21;1-34-18-5-3-4-15(21(18)36-11-10-30)25-32(31-23(37-25)13-6-8-14(26)9-7-13)24(33)16-12-17(27)20(29)22(35-2)19(16)28;1-14-6-2-3-7-17(14)21(29)28-22(18-8-4-5-9-19(18)30-23(25)26)31-20(27-28)15-10-12-16(24)13-11-15;23-14-11-9-13(10-12-14)19-27-28(20(29)15-5-1-3-7-17(15)24)21(31-19)16-6-2-4-8-18(16)30-22(25)26/h4-14,16-17,33H,3,15,18H2,1-2H3;3-9,12,25H,11H2,1-2H3;2-13,22-23H,1H3;1-12,21-22H. The van der Waals surface area contributed by atoms with Crippen LogP contribution in [0.25, 0.3) is 0 Å². The second kappa shape index (κ2) is 48.5. The minimum atomic E-state index is -3.00. The number of esters is 1. The van der Waals surface area contributed by atoms with E-state index >= 15 is 4.39 Å². The first-order valence-corrected chi connectivity index (χ1v) is 47.3. The number of aryl methyl sites for hydroxylation is 1. The first kappa shape index (κ1) is 105. The monoisotopic (exact) mass is 2110 g/mol. The first-order valence-electron chi connectivity index (χ1n) is 42.7. The highest BCUT2D eigenvalue weighted by Crippen LogP contribution is 2.53. The molecule has 0 N–H and O–H groups in total. The molecule has 13 aromatic rings. The van der Waals surface area contributed by atoms with Crippen molar-refractivity contribution in [1.82, 2.24) is 20.0 Å². The summed E-state index contributed by atoms with van der Waals surface area (Å²) in [5.41, 5.74) is 5.17. The van der Waals surface area contributed by atoms with Gasteiger partial charge in [-0.2, -0.15) is 47.6 Å². The predicted octanol–water partition coefficient (Wildman–Crippen LogP) is 25.9. The van der Waals surface area contributed by atoms with Crippen LogP contribution in [0.2, 0.25) is 15.1 Å². The summed E-state index contributed by atoms with van der Waals surface area (Å²) in [6, 6.07) is 71.2. The number of carbonyl (C=O) groups is 5. The number of amides is 4. The maximum Gasteiger partial charge on any atom is 0.387 e. The highest BCUT2D eigenvalue weighted by Gasteiger charge is 2.44. The van der Waals surface area contributed by atoms with E-state index in [9.17, 15) is 72.3 Å². The summed E-state index contributed by atoms with van der Waals surface area (Å²) < 4.78 is 207. The molecule has 0 saturated carbocycles. The summed E-state index contributed by atoms with van der Waals surface area (Å²) >= 11 is 22.8. The molecule has 41 heteroatoms. The highest BCUT2D eigenvalue weighted by molar-refractivity contribution is 8.15. The van der Waals surface area contributed by atoms with Gasteiger partial charge in [-0.3, -0.25) is 24.0 Å². The fourth-order valence-electron chi connectivity index (χ4n) is 14.5. The Labute approximate surface area is 846 Å². The summed E-state index contributed by atoms with van der Waals surface area (Å²) in [6.45, 7) is -2.38. The molecule has 4 atom stereocenters. The van der Waals surface area contributed by atoms with Gasteiger partial charge in [0, 0.05) is 72.2 Å². The number of hydrazone groups is 4. The molecule has 22 nitrogen and oxygen atoms in total. The van der Waals surface area contributed by atoms with Crippen LogP contribution >= 0.6 is 81.9 Å². The van der Waals surface area contributed by atoms with Crippen molar-refractivity contribution in [3.63, 3.8) is 0 Å². The van der Waals surface area contributed by atoms with Crippen molar-refractivity contribution in [2.24, 2.45) is 20.4 Å². The molecule has 144 heavy (non-hydrogen) atoms. The fraction of sp³-hybridized carbons (Fsp3) is 0.146. The molecule has 4 aliphatic heterocycles. The number of alkyl halides is 4. The van der Waals surface area contributed by atoms with Gasteiger partial charge < -0.3 is 37.9 Å². The van der Waals surface area contributed by atoms with Crippen molar-refractivity contribution in [2.45, 2.75) is 61.6 Å². The van der Waals surface area contributed by atoms with Crippen LogP contribution in [-0.2, 0) is 22.6 Å². The Bertz CT molecular complexity index is 6930. The van der Waals surface area contributed by atoms with Crippen molar-refractivity contribution in [2.75, 3.05) is 34.5 Å². The number of halogens is 15. The fourth-order valence-corrected chi connectivity index (χ4v) is 19.7. The smallest absolute Gasteiger partial charge is 0.387 e. The Hall–Kier alpha value is -14.6. The van der Waals surface area contributed by atoms with Crippen LogP contribution in [-0.4, -0.2) is 118 Å². The number of hydrogen-bond acceptors (Lipinski definition) is 22. The van der Waals surface area contributed by atoms with E-state index in [-0.39, 0.29) is 87.5 Å². The van der Waals surface area contributed by atoms with Gasteiger partial charge in [-0.1, -0.05) is 221 Å². The highest BCUT2D eigenvalue weighted by atomic mass is 35.5. The van der Waals surface area contributed by atoms with Crippen molar-refractivity contribution >= 4 is 132 Å². The van der Waals surface area contributed by atoms with E-state index in [2.05, 4.69) is 25.1 Å². The second-order valence-corrected chi connectivity index (χ2v) is 35.9. The summed E-state index contributed by atoms with van der Waals surface area (Å²) in [5, 5.41) is 30.7. The molecule has 0 aromatic heterocycles. The number of hydrogen-bond donors (Lipinski definition) is 0. The SMILES string of the molecule is CCOC(=O)Cc1cccc(COc2cccc(C3SC(c4ccc(F)cc4)=NN3C(=O)c3c(F)cc(F)cc3F)c2OC)c1.COc1cccc(C2SC(c3ccc(F)cc3)=NN2C(=O)c2cc(F)c(F)c(OC)c2F)c1OCC#N.Cc1ccccc1C(=O)N1N=C(c2ccc(Cl)cc2)SC1c1ccccc1OC(F)F.O=C(c1ccccc1Cl)N1N=C(c2ccc(Cl)cc2)SC1c1ccccc1OC(F)F. The van der Waals surface area contributed by atoms with Gasteiger partial charge in [0.1, 0.15) is 100 Å². The molecule has 13 aromatic carbocycles. The number of thioether (sulfide) groups is 4. The molecule has 0 fully saturated rings. The van der Waals surface area contributed by atoms with E-state index < -0.39 is 116 Å². The Morgan fingerprint density at radius 3 is 1.26 bits per heavy atom. The van der Waals surface area contributed by atoms with Crippen molar-refractivity contribution in [3.8, 4) is 46.3 Å². The number of rotatable bonds is 27. The molecule has 738 valence electrons. The normalized spacial score (nSPS) is 15.0. The largest absolute Gasteiger partial charge is 0.493 e. The maximum absolute atomic E-state index is 15.0. The number of ether oxygens (including phenoxy) is 8. The summed E-state index contributed by atoms with van der Waals surface area (Å²) in [7, 11) is 3.72. The van der Waals surface area contributed by atoms with Gasteiger partial charge in [-0.15, -0.1) is 0 Å². The Kier molecular flexibility index (Phi) is 35.4. The van der Waals surface area contributed by atoms with Crippen LogP contribution in [0.3, 0.4) is 0 Å². The molecule has 17 rings (SSSR count). The first-order chi connectivity index (χ1) is 69.3. The second-order valence-electron chi connectivity index (χ2n) is 30.4. The molecule has 4 aliphatic rings. The quantitative estimate of drug-likeness (QED) is 0.0264. The van der Waals surface area contributed by atoms with E-state index in [1.54, 1.807) is 177 Å². The number of methoxy groups -OCH3 is 3. The van der Waals surface area contributed by atoms with Crippen LogP contribution in [0, 0.1) is 64.8 Å². The zero-order valence-corrected chi connectivity index (χ0v) is 80.9. The zero-order chi connectivity index (χ0) is 103. The summed E-state index contributed by atoms with van der Waals surface area (Å²) in [4.78, 5) is 65.8. The number of carbonyl (C=O) groups excluding carboxylic acids is 5. The van der Waals surface area contributed by atoms with Crippen LogP contribution in [0.4, 0.5) is 52.7 Å². The van der Waals surface area contributed by atoms with Crippen molar-refractivity contribution < 1.29 is 115 Å². The minimum Gasteiger partial charge on any atom is -0.493 e. The van der Waals surface area contributed by atoms with Crippen molar-refractivity contribution in [3.05, 3.63) is 418 Å². The van der Waals surface area contributed by atoms with E-state index in [0.29, 0.717) is 83.0 Å². The Balaban J connectivity index is 0.000000154. The Morgan fingerprint density at radius 1 is 0.396 bits per heavy atom.